The summed E-state index contributed by atoms with van der Waals surface area (Å²) in [5, 5.41) is 0. The van der Waals surface area contributed by atoms with Crippen molar-refractivity contribution in [2.24, 2.45) is 0 Å². The molecule has 2 bridgehead atoms. The molecule has 17 heavy (non-hydrogen) atoms. The van der Waals surface area contributed by atoms with Gasteiger partial charge in [0.15, 0.2) is 6.29 Å². The molecule has 92 valence electrons. The number of carbonyl (C=O) groups is 1. The number of ether oxygens (including phenoxy) is 3. The normalized spacial score (nSPS) is 32.9. The van der Waals surface area contributed by atoms with Gasteiger partial charge in [-0.3, -0.25) is 4.79 Å². The number of Topliss-reactive ketones (excluding diaryl/α,β-unsaturated/α-hetero) is 1. The molecule has 3 heterocycles. The summed E-state index contributed by atoms with van der Waals surface area (Å²) in [5.74, 6) is 0.0123. The molecule has 3 aliphatic heterocycles. The molecule has 0 aliphatic carbocycles. The third-order valence-corrected chi connectivity index (χ3v) is 4.09. The number of hydrogen-bond donors (Lipinski definition) is 0. The highest BCUT2D eigenvalue weighted by atomic mass is 79.9. The molecule has 0 radical (unpaired) electrons. The van der Waals surface area contributed by atoms with Crippen molar-refractivity contribution in [3.05, 3.63) is 22.2 Å². The van der Waals surface area contributed by atoms with Gasteiger partial charge < -0.3 is 14.2 Å². The Morgan fingerprint density at radius 1 is 1.24 bits per heavy atom. The maximum Gasteiger partial charge on any atom is 0.202 e. The number of ketones is 1. The molecule has 5 heteroatoms. The van der Waals surface area contributed by atoms with Crippen LogP contribution in [0.3, 0.4) is 0 Å². The first-order valence-electron chi connectivity index (χ1n) is 5.75. The van der Waals surface area contributed by atoms with Crippen molar-refractivity contribution in [3.8, 4) is 0 Å². The molecule has 0 amide bonds. The van der Waals surface area contributed by atoms with Crippen molar-refractivity contribution < 1.29 is 19.0 Å². The van der Waals surface area contributed by atoms with E-state index in [2.05, 4.69) is 15.9 Å². The van der Waals surface area contributed by atoms with E-state index in [-0.39, 0.29) is 18.2 Å². The maximum absolute atomic E-state index is 11.8. The first-order chi connectivity index (χ1) is 8.25. The van der Waals surface area contributed by atoms with Gasteiger partial charge in [0.25, 0.3) is 0 Å². The number of hydrogen-bond acceptors (Lipinski definition) is 4. The van der Waals surface area contributed by atoms with Crippen molar-refractivity contribution in [2.45, 2.75) is 31.3 Å². The topological polar surface area (TPSA) is 44.8 Å². The first-order valence-corrected chi connectivity index (χ1v) is 6.55. The van der Waals surface area contributed by atoms with E-state index in [1.165, 1.54) is 0 Å². The van der Waals surface area contributed by atoms with Gasteiger partial charge in [-0.2, -0.15) is 0 Å². The van der Waals surface area contributed by atoms with Crippen molar-refractivity contribution in [3.63, 3.8) is 0 Å². The van der Waals surface area contributed by atoms with Crippen LogP contribution in [0.2, 0.25) is 0 Å². The number of halogens is 1. The molecular formula is C12H13BrO4. The maximum atomic E-state index is 11.8. The van der Waals surface area contributed by atoms with Gasteiger partial charge in [0.2, 0.25) is 5.78 Å². The summed E-state index contributed by atoms with van der Waals surface area (Å²) < 4.78 is 17.0. The Morgan fingerprint density at radius 2 is 1.94 bits per heavy atom. The van der Waals surface area contributed by atoms with Gasteiger partial charge in [-0.05, 0) is 34.0 Å². The zero-order chi connectivity index (χ0) is 11.8. The van der Waals surface area contributed by atoms with E-state index in [4.69, 9.17) is 14.2 Å². The SMILES string of the molecule is O=C1C(Br)=C(CCC2OCCO2)[C@H]2C=C[C@@H]1O2. The monoisotopic (exact) mass is 300 g/mol. The average molecular weight is 301 g/mol. The van der Waals surface area contributed by atoms with Crippen LogP contribution in [0.15, 0.2) is 22.2 Å². The van der Waals surface area contributed by atoms with Crippen molar-refractivity contribution in [1.29, 1.82) is 0 Å². The third kappa shape index (κ3) is 2.12. The standard InChI is InChI=1S/C12H13BrO4/c13-11-7(1-4-10-15-5-6-16-10)8-2-3-9(17-8)12(11)14/h2-3,8-10H,1,4-6H2/t8-,9+/m1/s1. The lowest BCUT2D eigenvalue weighted by atomic mass is 10.0. The van der Waals surface area contributed by atoms with Gasteiger partial charge in [-0.15, -0.1) is 0 Å². The number of carbonyl (C=O) groups excluding carboxylic acids is 1. The van der Waals surface area contributed by atoms with Crippen molar-refractivity contribution in [1.82, 2.24) is 0 Å². The zero-order valence-electron chi connectivity index (χ0n) is 9.23. The Bertz CT molecular complexity index is 395. The van der Waals surface area contributed by atoms with Crippen LogP contribution in [0, 0.1) is 0 Å². The Morgan fingerprint density at radius 3 is 2.71 bits per heavy atom. The van der Waals surface area contributed by atoms with Gasteiger partial charge in [0, 0.05) is 6.42 Å². The molecule has 0 aromatic heterocycles. The molecule has 0 aromatic rings. The van der Waals surface area contributed by atoms with E-state index in [9.17, 15) is 4.79 Å². The minimum absolute atomic E-state index is 0.0123. The van der Waals surface area contributed by atoms with Crippen LogP contribution < -0.4 is 0 Å². The summed E-state index contributed by atoms with van der Waals surface area (Å²) in [6.45, 7) is 1.32. The predicted octanol–water partition coefficient (Wildman–Crippen LogP) is 1.69. The third-order valence-electron chi connectivity index (χ3n) is 3.19. The Balaban J connectivity index is 1.70. The summed E-state index contributed by atoms with van der Waals surface area (Å²) in [5.41, 5.74) is 0.999. The fraction of sp³-hybridized carbons (Fsp3) is 0.583. The molecule has 3 aliphatic rings. The second-order valence-electron chi connectivity index (χ2n) is 4.28. The zero-order valence-corrected chi connectivity index (χ0v) is 10.8. The second kappa shape index (κ2) is 4.65. The van der Waals surface area contributed by atoms with Crippen LogP contribution >= 0.6 is 15.9 Å². The summed E-state index contributed by atoms with van der Waals surface area (Å²) in [7, 11) is 0. The van der Waals surface area contributed by atoms with E-state index in [1.807, 2.05) is 12.2 Å². The van der Waals surface area contributed by atoms with Crippen LogP contribution in [0.25, 0.3) is 0 Å². The number of rotatable bonds is 3. The van der Waals surface area contributed by atoms with Crippen LogP contribution in [0.4, 0.5) is 0 Å². The fourth-order valence-electron chi connectivity index (χ4n) is 2.31. The Hall–Kier alpha value is -0.490. The molecule has 1 fully saturated rings. The van der Waals surface area contributed by atoms with Gasteiger partial charge in [-0.25, -0.2) is 0 Å². The predicted molar refractivity (Wildman–Crippen MR) is 63.7 cm³/mol. The molecule has 3 rings (SSSR count). The highest BCUT2D eigenvalue weighted by Crippen LogP contribution is 2.35. The van der Waals surface area contributed by atoms with E-state index in [0.29, 0.717) is 17.7 Å². The lowest BCUT2D eigenvalue weighted by molar-refractivity contribution is -0.124. The highest BCUT2D eigenvalue weighted by molar-refractivity contribution is 9.12. The quantitative estimate of drug-likeness (QED) is 0.744. The highest BCUT2D eigenvalue weighted by Gasteiger charge is 2.37. The molecule has 2 atom stereocenters. The average Bonchev–Trinajstić information content (AvgIpc) is 2.96. The molecule has 1 saturated heterocycles. The largest absolute Gasteiger partial charge is 0.354 e. The molecule has 0 N–H and O–H groups in total. The van der Waals surface area contributed by atoms with Crippen molar-refractivity contribution in [2.75, 3.05) is 13.2 Å². The van der Waals surface area contributed by atoms with Gasteiger partial charge >= 0.3 is 0 Å². The Kier molecular flexibility index (Phi) is 3.17. The first kappa shape index (κ1) is 11.6. The lowest BCUT2D eigenvalue weighted by Crippen LogP contribution is -2.30. The minimum Gasteiger partial charge on any atom is -0.354 e. The van der Waals surface area contributed by atoms with E-state index in [0.717, 1.165) is 18.4 Å². The van der Waals surface area contributed by atoms with Gasteiger partial charge in [0.05, 0.1) is 23.8 Å². The van der Waals surface area contributed by atoms with E-state index >= 15 is 0 Å². The summed E-state index contributed by atoms with van der Waals surface area (Å²) in [6, 6.07) is 0. The smallest absolute Gasteiger partial charge is 0.202 e. The van der Waals surface area contributed by atoms with E-state index < -0.39 is 6.10 Å². The van der Waals surface area contributed by atoms with Crippen LogP contribution in [0.5, 0.6) is 0 Å². The molecule has 0 unspecified atom stereocenters. The van der Waals surface area contributed by atoms with E-state index in [1.54, 1.807) is 0 Å². The second-order valence-corrected chi connectivity index (χ2v) is 5.07. The van der Waals surface area contributed by atoms with Crippen LogP contribution in [0.1, 0.15) is 12.8 Å². The summed E-state index contributed by atoms with van der Waals surface area (Å²) >= 11 is 3.38. The van der Waals surface area contributed by atoms with Crippen LogP contribution in [-0.4, -0.2) is 37.5 Å². The fourth-order valence-corrected chi connectivity index (χ4v) is 2.95. The van der Waals surface area contributed by atoms with Gasteiger partial charge in [-0.1, -0.05) is 6.08 Å². The van der Waals surface area contributed by atoms with Gasteiger partial charge in [0.1, 0.15) is 6.10 Å². The Labute approximate surface area is 108 Å². The van der Waals surface area contributed by atoms with Crippen molar-refractivity contribution >= 4 is 21.7 Å². The van der Waals surface area contributed by atoms with Crippen LogP contribution in [-0.2, 0) is 19.0 Å². The summed E-state index contributed by atoms with van der Waals surface area (Å²) in [6.07, 6.45) is 4.69. The molecule has 0 aromatic carbocycles. The lowest BCUT2D eigenvalue weighted by Gasteiger charge is -2.24. The summed E-state index contributed by atoms with van der Waals surface area (Å²) in [4.78, 5) is 11.8. The molecule has 4 nitrogen and oxygen atoms in total. The molecule has 0 spiro atoms. The molecular weight excluding hydrogens is 288 g/mol. The minimum atomic E-state index is -0.392. The number of fused-ring (bicyclic) bond motifs is 2. The molecule has 0 saturated carbocycles.